The zero-order valence-electron chi connectivity index (χ0n) is 11.8. The van der Waals surface area contributed by atoms with Gasteiger partial charge in [-0.1, -0.05) is 18.2 Å². The second kappa shape index (κ2) is 7.90. The summed E-state index contributed by atoms with van der Waals surface area (Å²) in [6, 6.07) is 9.79. The first kappa shape index (κ1) is 14.9. The van der Waals surface area contributed by atoms with Crippen molar-refractivity contribution in [2.24, 2.45) is 5.92 Å². The van der Waals surface area contributed by atoms with E-state index < -0.39 is 0 Å². The number of carbonyl (C=O) groups is 1. The van der Waals surface area contributed by atoms with Gasteiger partial charge in [-0.2, -0.15) is 0 Å². The fourth-order valence-corrected chi connectivity index (χ4v) is 2.57. The summed E-state index contributed by atoms with van der Waals surface area (Å²) in [4.78, 5) is 11.8. The van der Waals surface area contributed by atoms with Crippen LogP contribution in [-0.2, 0) is 4.79 Å². The molecule has 0 aromatic heterocycles. The summed E-state index contributed by atoms with van der Waals surface area (Å²) in [7, 11) is 0. The number of rotatable bonds is 6. The van der Waals surface area contributed by atoms with Gasteiger partial charge in [0.2, 0.25) is 5.91 Å². The predicted molar refractivity (Wildman–Crippen MR) is 77.5 cm³/mol. The quantitative estimate of drug-likeness (QED) is 0.837. The van der Waals surface area contributed by atoms with Gasteiger partial charge in [0.05, 0.1) is 13.0 Å². The second-order valence-electron chi connectivity index (χ2n) is 5.38. The molecule has 1 aromatic carbocycles. The summed E-state index contributed by atoms with van der Waals surface area (Å²) in [5, 5.41) is 12.1. The van der Waals surface area contributed by atoms with Crippen LogP contribution in [0.1, 0.15) is 32.1 Å². The Morgan fingerprint density at radius 1 is 1.20 bits per heavy atom. The second-order valence-corrected chi connectivity index (χ2v) is 5.38. The van der Waals surface area contributed by atoms with Crippen molar-refractivity contribution < 1.29 is 14.6 Å². The van der Waals surface area contributed by atoms with Gasteiger partial charge in [-0.3, -0.25) is 4.79 Å². The van der Waals surface area contributed by atoms with Crippen LogP contribution in [0.15, 0.2) is 30.3 Å². The zero-order valence-corrected chi connectivity index (χ0v) is 11.8. The van der Waals surface area contributed by atoms with E-state index in [0.29, 0.717) is 18.9 Å². The SMILES string of the molecule is O=C(CCOc1ccccc1)NC1CCC(CO)CC1. The third kappa shape index (κ3) is 4.85. The van der Waals surface area contributed by atoms with Gasteiger partial charge in [0.25, 0.3) is 0 Å². The Morgan fingerprint density at radius 2 is 1.90 bits per heavy atom. The number of aliphatic hydroxyl groups is 1. The van der Waals surface area contributed by atoms with Crippen LogP contribution in [0.4, 0.5) is 0 Å². The number of aliphatic hydroxyl groups excluding tert-OH is 1. The van der Waals surface area contributed by atoms with Crippen molar-refractivity contribution in [3.8, 4) is 5.75 Å². The summed E-state index contributed by atoms with van der Waals surface area (Å²) in [5.41, 5.74) is 0. The smallest absolute Gasteiger partial charge is 0.223 e. The van der Waals surface area contributed by atoms with Crippen molar-refractivity contribution >= 4 is 5.91 Å². The van der Waals surface area contributed by atoms with Crippen LogP contribution in [0, 0.1) is 5.92 Å². The molecular formula is C16H23NO3. The first-order valence-corrected chi connectivity index (χ1v) is 7.36. The van der Waals surface area contributed by atoms with Gasteiger partial charge < -0.3 is 15.2 Å². The summed E-state index contributed by atoms with van der Waals surface area (Å²) >= 11 is 0. The standard InChI is InChI=1S/C16H23NO3/c18-12-13-6-8-14(9-7-13)17-16(19)10-11-20-15-4-2-1-3-5-15/h1-5,13-14,18H,6-12H2,(H,17,19). The highest BCUT2D eigenvalue weighted by molar-refractivity contribution is 5.76. The lowest BCUT2D eigenvalue weighted by Gasteiger charge is -2.27. The summed E-state index contributed by atoms with van der Waals surface area (Å²) < 4.78 is 5.51. The Morgan fingerprint density at radius 3 is 2.55 bits per heavy atom. The molecule has 1 amide bonds. The van der Waals surface area contributed by atoms with E-state index in [4.69, 9.17) is 9.84 Å². The Kier molecular flexibility index (Phi) is 5.87. The molecule has 0 atom stereocenters. The van der Waals surface area contributed by atoms with E-state index in [2.05, 4.69) is 5.32 Å². The normalized spacial score (nSPS) is 22.2. The van der Waals surface area contributed by atoms with Gasteiger partial charge in [-0.15, -0.1) is 0 Å². The molecule has 1 aliphatic carbocycles. The van der Waals surface area contributed by atoms with Gasteiger partial charge in [-0.25, -0.2) is 0 Å². The van der Waals surface area contributed by atoms with Crippen molar-refractivity contribution in [3.63, 3.8) is 0 Å². The number of ether oxygens (including phenoxy) is 1. The molecule has 0 spiro atoms. The highest BCUT2D eigenvalue weighted by Crippen LogP contribution is 2.23. The molecule has 0 unspecified atom stereocenters. The van der Waals surface area contributed by atoms with Gasteiger partial charge in [0.1, 0.15) is 5.75 Å². The van der Waals surface area contributed by atoms with Gasteiger partial charge >= 0.3 is 0 Å². The number of amides is 1. The molecule has 2 rings (SSSR count). The van der Waals surface area contributed by atoms with Crippen LogP contribution < -0.4 is 10.1 Å². The van der Waals surface area contributed by atoms with Crippen LogP contribution in [-0.4, -0.2) is 30.3 Å². The number of nitrogens with one attached hydrogen (secondary N) is 1. The Labute approximate surface area is 120 Å². The van der Waals surface area contributed by atoms with Crippen molar-refractivity contribution in [3.05, 3.63) is 30.3 Å². The Bertz CT molecular complexity index is 399. The molecule has 110 valence electrons. The van der Waals surface area contributed by atoms with E-state index >= 15 is 0 Å². The molecule has 0 radical (unpaired) electrons. The minimum Gasteiger partial charge on any atom is -0.493 e. The van der Waals surface area contributed by atoms with Gasteiger partial charge in [-0.05, 0) is 43.7 Å². The molecule has 2 N–H and O–H groups in total. The molecule has 20 heavy (non-hydrogen) atoms. The maximum Gasteiger partial charge on any atom is 0.223 e. The lowest BCUT2D eigenvalue weighted by Crippen LogP contribution is -2.38. The maximum absolute atomic E-state index is 11.8. The van der Waals surface area contributed by atoms with E-state index in [1.54, 1.807) is 0 Å². The molecule has 4 nitrogen and oxygen atoms in total. The first-order chi connectivity index (χ1) is 9.78. The van der Waals surface area contributed by atoms with E-state index in [9.17, 15) is 4.79 Å². The Hall–Kier alpha value is -1.55. The molecule has 1 aromatic rings. The molecule has 1 aliphatic rings. The monoisotopic (exact) mass is 277 g/mol. The van der Waals surface area contributed by atoms with Crippen molar-refractivity contribution in [2.45, 2.75) is 38.1 Å². The lowest BCUT2D eigenvalue weighted by molar-refractivity contribution is -0.122. The number of hydrogen-bond donors (Lipinski definition) is 2. The van der Waals surface area contributed by atoms with Gasteiger partial charge in [0, 0.05) is 12.6 Å². The largest absolute Gasteiger partial charge is 0.493 e. The van der Waals surface area contributed by atoms with Crippen LogP contribution >= 0.6 is 0 Å². The third-order valence-corrected chi connectivity index (χ3v) is 3.81. The minimum atomic E-state index is 0.0494. The molecular weight excluding hydrogens is 254 g/mol. The molecule has 0 heterocycles. The average molecular weight is 277 g/mol. The van der Waals surface area contributed by atoms with E-state index in [1.165, 1.54) is 0 Å². The number of hydrogen-bond acceptors (Lipinski definition) is 3. The average Bonchev–Trinajstić information content (AvgIpc) is 2.49. The predicted octanol–water partition coefficient (Wildman–Crippen LogP) is 2.12. The van der Waals surface area contributed by atoms with Crippen LogP contribution in [0.25, 0.3) is 0 Å². The van der Waals surface area contributed by atoms with E-state index in [1.807, 2.05) is 30.3 Å². The van der Waals surface area contributed by atoms with Crippen LogP contribution in [0.2, 0.25) is 0 Å². The topological polar surface area (TPSA) is 58.6 Å². The highest BCUT2D eigenvalue weighted by atomic mass is 16.5. The summed E-state index contributed by atoms with van der Waals surface area (Å²) in [6.07, 6.45) is 4.33. The summed E-state index contributed by atoms with van der Waals surface area (Å²) in [6.45, 7) is 0.674. The van der Waals surface area contributed by atoms with Crippen molar-refractivity contribution in [1.29, 1.82) is 0 Å². The molecule has 1 saturated carbocycles. The fraction of sp³-hybridized carbons (Fsp3) is 0.562. The van der Waals surface area contributed by atoms with Crippen LogP contribution in [0.3, 0.4) is 0 Å². The number of para-hydroxylation sites is 1. The molecule has 0 bridgehead atoms. The van der Waals surface area contributed by atoms with E-state index in [-0.39, 0.29) is 18.6 Å². The minimum absolute atomic E-state index is 0.0494. The first-order valence-electron chi connectivity index (χ1n) is 7.36. The maximum atomic E-state index is 11.8. The molecule has 1 fully saturated rings. The van der Waals surface area contributed by atoms with E-state index in [0.717, 1.165) is 31.4 Å². The number of carbonyl (C=O) groups excluding carboxylic acids is 1. The Balaban J connectivity index is 1.61. The van der Waals surface area contributed by atoms with Crippen molar-refractivity contribution in [1.82, 2.24) is 5.32 Å². The molecule has 0 aliphatic heterocycles. The molecule has 0 saturated heterocycles. The highest BCUT2D eigenvalue weighted by Gasteiger charge is 2.21. The fourth-order valence-electron chi connectivity index (χ4n) is 2.57. The third-order valence-electron chi connectivity index (χ3n) is 3.81. The van der Waals surface area contributed by atoms with Gasteiger partial charge in [0.15, 0.2) is 0 Å². The molecule has 4 heteroatoms. The van der Waals surface area contributed by atoms with Crippen molar-refractivity contribution in [2.75, 3.05) is 13.2 Å². The zero-order chi connectivity index (χ0) is 14.2. The summed E-state index contributed by atoms with van der Waals surface area (Å²) in [5.74, 6) is 1.27. The number of benzene rings is 1. The lowest BCUT2D eigenvalue weighted by atomic mass is 9.86. The van der Waals surface area contributed by atoms with Crippen LogP contribution in [0.5, 0.6) is 5.75 Å².